The third kappa shape index (κ3) is 5.68. The van der Waals surface area contributed by atoms with Gasteiger partial charge in [-0.3, -0.25) is 9.59 Å². The van der Waals surface area contributed by atoms with E-state index >= 15 is 0 Å². The van der Waals surface area contributed by atoms with Gasteiger partial charge in [-0.1, -0.05) is 79.7 Å². The Morgan fingerprint density at radius 3 is 2.08 bits per heavy atom. The van der Waals surface area contributed by atoms with Crippen LogP contribution in [0.4, 0.5) is 0 Å². The maximum absolute atomic E-state index is 13.2. The maximum Gasteiger partial charge on any atom is 0.310 e. The summed E-state index contributed by atoms with van der Waals surface area (Å²) in [6.45, 7) is 4.61. The quantitative estimate of drug-likeness (QED) is 0.233. The molecule has 0 aromatic heterocycles. The lowest BCUT2D eigenvalue weighted by atomic mass is 9.64. The van der Waals surface area contributed by atoms with E-state index in [-0.39, 0.29) is 17.8 Å². The highest BCUT2D eigenvalue weighted by Gasteiger charge is 2.49. The number of nitrogens with zero attached hydrogens (tertiary/aromatic N) is 1. The Kier molecular flexibility index (Phi) is 8.55. The van der Waals surface area contributed by atoms with E-state index in [1.807, 2.05) is 84.9 Å². The van der Waals surface area contributed by atoms with E-state index in [2.05, 4.69) is 4.90 Å². The van der Waals surface area contributed by atoms with Crippen molar-refractivity contribution in [2.45, 2.75) is 44.4 Å². The molecule has 3 aromatic carbocycles. The highest BCUT2D eigenvalue weighted by molar-refractivity contribution is 5.91. The third-order valence-electron chi connectivity index (χ3n) is 7.37. The van der Waals surface area contributed by atoms with Gasteiger partial charge in [0.15, 0.2) is 0 Å². The Balaban J connectivity index is 1.37. The fourth-order valence-electron chi connectivity index (χ4n) is 5.51. The van der Waals surface area contributed by atoms with Crippen LogP contribution >= 0.6 is 0 Å². The van der Waals surface area contributed by atoms with Gasteiger partial charge in [0.05, 0.1) is 0 Å². The van der Waals surface area contributed by atoms with Crippen molar-refractivity contribution in [2.75, 3.05) is 19.6 Å². The largest absolute Gasteiger partial charge is 0.427 e. The molecule has 0 aliphatic carbocycles. The normalized spacial score (nSPS) is 16.1. The summed E-state index contributed by atoms with van der Waals surface area (Å²) >= 11 is 0. The molecule has 1 heterocycles. The first-order chi connectivity index (χ1) is 17.5. The number of ether oxygens (including phenoxy) is 1. The number of benzene rings is 3. The van der Waals surface area contributed by atoms with Crippen LogP contribution in [0.3, 0.4) is 0 Å². The zero-order valence-corrected chi connectivity index (χ0v) is 21.1. The molecule has 36 heavy (non-hydrogen) atoms. The minimum atomic E-state index is -0.833. The summed E-state index contributed by atoms with van der Waals surface area (Å²) in [5.74, 6) is 0.230. The van der Waals surface area contributed by atoms with Crippen LogP contribution < -0.4 is 10.5 Å². The van der Waals surface area contributed by atoms with Crippen LogP contribution in [0.2, 0.25) is 0 Å². The van der Waals surface area contributed by atoms with Crippen LogP contribution in [-0.2, 0) is 21.4 Å². The van der Waals surface area contributed by atoms with Crippen LogP contribution in [-0.4, -0.2) is 36.4 Å². The molecule has 0 bridgehead atoms. The van der Waals surface area contributed by atoms with Crippen LogP contribution in [0.15, 0.2) is 84.9 Å². The van der Waals surface area contributed by atoms with Crippen LogP contribution in [0.25, 0.3) is 0 Å². The first-order valence-corrected chi connectivity index (χ1v) is 13.0. The Bertz CT molecular complexity index is 1090. The number of likely N-dealkylation sites (tertiary alicyclic amines) is 1. The number of esters is 1. The number of aryl methyl sites for hydroxylation is 1. The zero-order valence-electron chi connectivity index (χ0n) is 21.1. The molecule has 188 valence electrons. The van der Waals surface area contributed by atoms with E-state index in [4.69, 9.17) is 10.5 Å². The Labute approximate surface area is 214 Å². The number of carbonyl (C=O) groups excluding carboxylic acids is 2. The van der Waals surface area contributed by atoms with Gasteiger partial charge < -0.3 is 15.4 Å². The van der Waals surface area contributed by atoms with E-state index in [9.17, 15) is 9.59 Å². The van der Waals surface area contributed by atoms with Gasteiger partial charge in [0.2, 0.25) is 5.91 Å². The lowest BCUT2D eigenvalue weighted by Crippen LogP contribution is -2.49. The Morgan fingerprint density at radius 2 is 1.53 bits per heavy atom. The average Bonchev–Trinajstić information content (AvgIpc) is 3.38. The van der Waals surface area contributed by atoms with E-state index in [1.165, 1.54) is 5.56 Å². The van der Waals surface area contributed by atoms with Crippen LogP contribution in [0, 0.1) is 5.92 Å². The van der Waals surface area contributed by atoms with Crippen molar-refractivity contribution in [3.63, 3.8) is 0 Å². The first-order valence-electron chi connectivity index (χ1n) is 13.0. The standard InChI is InChI=1S/C31H36N2O3/c1-2-29(34)36-28-18-16-24(17-19-28)11-9-10-21-33-22-20-27(23-33)31(30(32)35,25-12-5-3-6-13-25)26-14-7-4-8-15-26/h3-8,12-19,27H,2,9-11,20-23H2,1H3,(H2,32,35). The summed E-state index contributed by atoms with van der Waals surface area (Å²) in [7, 11) is 0. The molecule has 1 fully saturated rings. The molecule has 1 saturated heterocycles. The fourth-order valence-corrected chi connectivity index (χ4v) is 5.51. The number of hydrogen-bond donors (Lipinski definition) is 1. The van der Waals surface area contributed by atoms with Crippen molar-refractivity contribution in [3.8, 4) is 5.75 Å². The van der Waals surface area contributed by atoms with E-state index in [0.717, 1.165) is 56.4 Å². The summed E-state index contributed by atoms with van der Waals surface area (Å²) in [6.07, 6.45) is 4.45. The number of nitrogens with two attached hydrogens (primary N) is 1. The molecular formula is C31H36N2O3. The monoisotopic (exact) mass is 484 g/mol. The van der Waals surface area contributed by atoms with Crippen molar-refractivity contribution >= 4 is 11.9 Å². The molecule has 1 aliphatic heterocycles. The molecule has 2 N–H and O–H groups in total. The summed E-state index contributed by atoms with van der Waals surface area (Å²) in [5.41, 5.74) is 8.57. The van der Waals surface area contributed by atoms with Gasteiger partial charge in [-0.25, -0.2) is 0 Å². The van der Waals surface area contributed by atoms with Gasteiger partial charge >= 0.3 is 5.97 Å². The van der Waals surface area contributed by atoms with Gasteiger partial charge in [-0.05, 0) is 73.5 Å². The van der Waals surface area contributed by atoms with Crippen LogP contribution in [0.5, 0.6) is 5.75 Å². The predicted molar refractivity (Wildman–Crippen MR) is 143 cm³/mol. The Morgan fingerprint density at radius 1 is 0.917 bits per heavy atom. The molecule has 4 rings (SSSR count). The van der Waals surface area contributed by atoms with Crippen molar-refractivity contribution < 1.29 is 14.3 Å². The van der Waals surface area contributed by atoms with Gasteiger partial charge in [0, 0.05) is 13.0 Å². The molecule has 0 saturated carbocycles. The SMILES string of the molecule is CCC(=O)Oc1ccc(CCCCN2CCC(C(C(N)=O)(c3ccccc3)c3ccccc3)C2)cc1. The summed E-state index contributed by atoms with van der Waals surface area (Å²) in [5, 5.41) is 0. The predicted octanol–water partition coefficient (Wildman–Crippen LogP) is 5.12. The second-order valence-corrected chi connectivity index (χ2v) is 9.62. The lowest BCUT2D eigenvalue weighted by Gasteiger charge is -2.37. The summed E-state index contributed by atoms with van der Waals surface area (Å²) < 4.78 is 5.25. The summed E-state index contributed by atoms with van der Waals surface area (Å²) in [6, 6.07) is 27.9. The topological polar surface area (TPSA) is 72.6 Å². The number of hydrogen-bond acceptors (Lipinski definition) is 4. The van der Waals surface area contributed by atoms with Crippen molar-refractivity contribution in [1.82, 2.24) is 4.90 Å². The number of rotatable bonds is 11. The lowest BCUT2D eigenvalue weighted by molar-refractivity contribution is -0.134. The van der Waals surface area contributed by atoms with Gasteiger partial charge in [-0.15, -0.1) is 0 Å². The zero-order chi connectivity index (χ0) is 25.4. The van der Waals surface area contributed by atoms with Crippen molar-refractivity contribution in [3.05, 3.63) is 102 Å². The van der Waals surface area contributed by atoms with Gasteiger partial charge in [-0.2, -0.15) is 0 Å². The number of amides is 1. The molecule has 5 nitrogen and oxygen atoms in total. The minimum Gasteiger partial charge on any atom is -0.427 e. The van der Waals surface area contributed by atoms with Gasteiger partial charge in [0.25, 0.3) is 0 Å². The molecule has 0 spiro atoms. The second kappa shape index (κ2) is 12.0. The molecule has 0 radical (unpaired) electrons. The summed E-state index contributed by atoms with van der Waals surface area (Å²) in [4.78, 5) is 27.1. The highest BCUT2D eigenvalue weighted by Crippen LogP contribution is 2.43. The molecule has 3 aromatic rings. The number of carbonyl (C=O) groups is 2. The second-order valence-electron chi connectivity index (χ2n) is 9.62. The molecule has 1 unspecified atom stereocenters. The maximum atomic E-state index is 13.2. The Hall–Kier alpha value is -3.44. The van der Waals surface area contributed by atoms with Crippen molar-refractivity contribution in [2.24, 2.45) is 11.7 Å². The van der Waals surface area contributed by atoms with E-state index < -0.39 is 5.41 Å². The number of unbranched alkanes of at least 4 members (excludes halogenated alkanes) is 1. The molecule has 1 amide bonds. The smallest absolute Gasteiger partial charge is 0.310 e. The molecule has 1 atom stereocenters. The minimum absolute atomic E-state index is 0.123. The van der Waals surface area contributed by atoms with Gasteiger partial charge in [0.1, 0.15) is 11.2 Å². The average molecular weight is 485 g/mol. The number of primary amides is 1. The highest BCUT2D eigenvalue weighted by atomic mass is 16.5. The van der Waals surface area contributed by atoms with Crippen molar-refractivity contribution in [1.29, 1.82) is 0 Å². The fraction of sp³-hybridized carbons (Fsp3) is 0.355. The van der Waals surface area contributed by atoms with E-state index in [1.54, 1.807) is 6.92 Å². The first kappa shape index (κ1) is 25.6. The van der Waals surface area contributed by atoms with E-state index in [0.29, 0.717) is 12.2 Å². The molecule has 1 aliphatic rings. The molecular weight excluding hydrogens is 448 g/mol. The van der Waals surface area contributed by atoms with Crippen LogP contribution in [0.1, 0.15) is 49.3 Å². The molecule has 5 heteroatoms. The third-order valence-corrected chi connectivity index (χ3v) is 7.37.